The molecule has 2 unspecified atom stereocenters. The third-order valence-corrected chi connectivity index (χ3v) is 9.97. The quantitative estimate of drug-likeness (QED) is 0.568. The predicted octanol–water partition coefficient (Wildman–Crippen LogP) is 5.30. The molecule has 5 nitrogen and oxygen atoms in total. The van der Waals surface area contributed by atoms with Crippen LogP contribution in [0.25, 0.3) is 0 Å². The number of ketones is 1. The van der Waals surface area contributed by atoms with Gasteiger partial charge in [0.15, 0.2) is 11.4 Å². The summed E-state index contributed by atoms with van der Waals surface area (Å²) in [4.78, 5) is 39.0. The minimum Gasteiger partial charge on any atom is -0.508 e. The maximum atomic E-state index is 13.4. The summed E-state index contributed by atoms with van der Waals surface area (Å²) in [6.07, 6.45) is 6.88. The van der Waals surface area contributed by atoms with Crippen LogP contribution in [0.4, 0.5) is 4.39 Å². The fourth-order valence-corrected chi connectivity index (χ4v) is 8.51. The third kappa shape index (κ3) is 2.99. The first-order chi connectivity index (χ1) is 15.1. The number of fused-ring (bicyclic) bond motifs is 5. The summed E-state index contributed by atoms with van der Waals surface area (Å²) in [5.41, 5.74) is -1.61. The molecule has 0 heterocycles. The Morgan fingerprint density at radius 2 is 1.97 bits per heavy atom. The molecule has 0 bridgehead atoms. The summed E-state index contributed by atoms with van der Waals surface area (Å²) < 4.78 is 19.3. The number of hydrogen-bond donors (Lipinski definition) is 1. The zero-order chi connectivity index (χ0) is 23.5. The van der Waals surface area contributed by atoms with Crippen LogP contribution in [0.2, 0.25) is 0 Å². The van der Waals surface area contributed by atoms with Gasteiger partial charge in [-0.05, 0) is 74.6 Å². The summed E-state index contributed by atoms with van der Waals surface area (Å²) in [6.45, 7) is 7.68. The number of hydrogen-bond acceptors (Lipinski definition) is 6. The van der Waals surface area contributed by atoms with Crippen molar-refractivity contribution in [3.63, 3.8) is 0 Å². The summed E-state index contributed by atoms with van der Waals surface area (Å²) in [5.74, 6) is -0.296. The van der Waals surface area contributed by atoms with Crippen LogP contribution in [-0.2, 0) is 19.1 Å². The molecule has 1 N–H and O–H groups in total. The Kier molecular flexibility index (Phi) is 5.88. The number of allylic oxidation sites excluding steroid dienone is 3. The number of halogens is 1. The van der Waals surface area contributed by atoms with Crippen LogP contribution in [-0.4, -0.2) is 33.6 Å². The lowest BCUT2D eigenvalue weighted by Gasteiger charge is -2.58. The van der Waals surface area contributed by atoms with E-state index in [1.807, 2.05) is 20.8 Å². The van der Waals surface area contributed by atoms with Gasteiger partial charge in [0.05, 0.1) is 5.41 Å². The van der Waals surface area contributed by atoms with E-state index in [-0.39, 0.29) is 46.8 Å². The van der Waals surface area contributed by atoms with E-state index in [1.54, 1.807) is 13.0 Å². The number of carbonyl (C=O) groups is 3. The maximum absolute atomic E-state index is 13.4. The van der Waals surface area contributed by atoms with Crippen molar-refractivity contribution < 1.29 is 28.6 Å². The van der Waals surface area contributed by atoms with Crippen molar-refractivity contribution in [1.29, 1.82) is 0 Å². The van der Waals surface area contributed by atoms with Crippen LogP contribution < -0.4 is 0 Å². The number of thioether (sulfide) groups is 1. The normalized spacial score (nSPS) is 42.8. The molecule has 3 fully saturated rings. The molecule has 7 heteroatoms. The molecule has 4 aliphatic rings. The first kappa shape index (κ1) is 23.5. The number of ether oxygens (including phenoxy) is 1. The van der Waals surface area contributed by atoms with Crippen LogP contribution in [0, 0.1) is 34.5 Å². The van der Waals surface area contributed by atoms with E-state index >= 15 is 0 Å². The van der Waals surface area contributed by atoms with Gasteiger partial charge in [0.1, 0.15) is 11.8 Å². The summed E-state index contributed by atoms with van der Waals surface area (Å²) in [6, 6.07) is -0.847. The molecule has 0 saturated heterocycles. The lowest BCUT2D eigenvalue weighted by Crippen LogP contribution is -2.60. The number of carbonyl (C=O) groups excluding carboxylic acids is 3. The first-order valence-electron chi connectivity index (χ1n) is 11.7. The van der Waals surface area contributed by atoms with E-state index in [1.165, 1.54) is 6.08 Å². The molecule has 0 spiro atoms. The molecular weight excluding hydrogens is 431 g/mol. The van der Waals surface area contributed by atoms with Gasteiger partial charge in [0.2, 0.25) is 5.12 Å². The van der Waals surface area contributed by atoms with Crippen LogP contribution >= 0.6 is 11.8 Å². The van der Waals surface area contributed by atoms with Gasteiger partial charge in [0.25, 0.3) is 0 Å². The minimum absolute atomic E-state index is 0.0235. The topological polar surface area (TPSA) is 80.7 Å². The lowest BCUT2D eigenvalue weighted by atomic mass is 9.46. The molecule has 0 radical (unpaired) electrons. The highest BCUT2D eigenvalue weighted by molar-refractivity contribution is 8.13. The fraction of sp³-hybridized carbons (Fsp3) is 0.720. The first-order valence-corrected chi connectivity index (χ1v) is 12.7. The maximum Gasteiger partial charge on any atom is 0.306 e. The Hall–Kier alpha value is -1.63. The monoisotopic (exact) mass is 464 g/mol. The van der Waals surface area contributed by atoms with Crippen LogP contribution in [0.1, 0.15) is 66.2 Å². The summed E-state index contributed by atoms with van der Waals surface area (Å²) in [5, 5.41) is 9.60. The highest BCUT2D eigenvalue weighted by Crippen LogP contribution is 2.69. The van der Waals surface area contributed by atoms with Crippen molar-refractivity contribution >= 4 is 28.6 Å². The Balaban J connectivity index is 1.76. The second kappa shape index (κ2) is 8.00. The van der Waals surface area contributed by atoms with Crippen molar-refractivity contribution in [1.82, 2.24) is 0 Å². The number of esters is 1. The average molecular weight is 465 g/mol. The average Bonchev–Trinajstić information content (AvgIpc) is 2.97. The minimum atomic E-state index is -1.35. The second-order valence-electron chi connectivity index (χ2n) is 10.4. The van der Waals surface area contributed by atoms with Gasteiger partial charge in [-0.1, -0.05) is 26.3 Å². The van der Waals surface area contributed by atoms with Crippen molar-refractivity contribution in [2.24, 2.45) is 34.5 Å². The van der Waals surface area contributed by atoms with E-state index in [0.29, 0.717) is 24.6 Å². The number of alkyl halides is 1. The molecule has 32 heavy (non-hydrogen) atoms. The van der Waals surface area contributed by atoms with Gasteiger partial charge in [0, 0.05) is 23.8 Å². The van der Waals surface area contributed by atoms with Gasteiger partial charge in [-0.25, -0.2) is 4.39 Å². The van der Waals surface area contributed by atoms with E-state index < -0.39 is 28.4 Å². The molecule has 0 amide bonds. The van der Waals surface area contributed by atoms with Gasteiger partial charge >= 0.3 is 5.97 Å². The number of aliphatic hydroxyl groups excluding tert-OH is 1. The highest BCUT2D eigenvalue weighted by atomic mass is 32.2. The van der Waals surface area contributed by atoms with Crippen molar-refractivity contribution in [2.45, 2.75) is 71.8 Å². The Bertz CT molecular complexity index is 912. The third-order valence-electron chi connectivity index (χ3n) is 9.30. The number of rotatable bonds is 4. The molecule has 176 valence electrons. The molecule has 0 aromatic rings. The summed E-state index contributed by atoms with van der Waals surface area (Å²) in [7, 11) is 0. The van der Waals surface area contributed by atoms with Crippen molar-refractivity contribution in [3.05, 3.63) is 23.5 Å². The molecule has 0 aromatic carbocycles. The standard InChI is InChI=1S/C25H33FO5S/c1-5-21(29)31-25(22(30)32-13-26)14(2)10-19-17-7-6-15-11-16(27)12-20(28)24(15,4)18(17)8-9-23(19,25)3/h11-12,14,17-19,27H,5-10,13H2,1-4H3/t14?,17-,18+,19+,23+,24+,25?/m1/s1. The van der Waals surface area contributed by atoms with Gasteiger partial charge in [-0.3, -0.25) is 14.4 Å². The van der Waals surface area contributed by atoms with E-state index in [0.717, 1.165) is 24.8 Å². The molecular formula is C25H33FO5S. The summed E-state index contributed by atoms with van der Waals surface area (Å²) >= 11 is 0.604. The smallest absolute Gasteiger partial charge is 0.306 e. The molecule has 7 atom stereocenters. The second-order valence-corrected chi connectivity index (χ2v) is 11.3. The molecule has 0 aliphatic heterocycles. The zero-order valence-corrected chi connectivity index (χ0v) is 20.1. The SMILES string of the molecule is CCC(=O)OC1(C(=O)SCF)C(C)C[C@H]2[C@@H]3CCC4=CC(O)=CC(=O)[C@]4(C)[C@H]3CC[C@@]21C. The molecule has 4 rings (SSSR count). The van der Waals surface area contributed by atoms with Gasteiger partial charge in [-0.2, -0.15) is 0 Å². The predicted molar refractivity (Wildman–Crippen MR) is 120 cm³/mol. The van der Waals surface area contributed by atoms with Gasteiger partial charge in [-0.15, -0.1) is 0 Å². The van der Waals surface area contributed by atoms with Crippen molar-refractivity contribution in [2.75, 3.05) is 6.01 Å². The molecule has 4 aliphatic carbocycles. The van der Waals surface area contributed by atoms with Crippen LogP contribution in [0.15, 0.2) is 23.5 Å². The van der Waals surface area contributed by atoms with E-state index in [9.17, 15) is 23.9 Å². The van der Waals surface area contributed by atoms with Gasteiger partial charge < -0.3 is 9.84 Å². The Labute approximate surface area is 193 Å². The largest absolute Gasteiger partial charge is 0.508 e. The van der Waals surface area contributed by atoms with E-state index in [4.69, 9.17) is 4.74 Å². The van der Waals surface area contributed by atoms with E-state index in [2.05, 4.69) is 0 Å². The molecule has 3 saturated carbocycles. The van der Waals surface area contributed by atoms with Crippen LogP contribution in [0.5, 0.6) is 0 Å². The lowest BCUT2D eigenvalue weighted by molar-refractivity contribution is -0.190. The van der Waals surface area contributed by atoms with Crippen molar-refractivity contribution in [3.8, 4) is 0 Å². The number of aliphatic hydroxyl groups is 1. The Morgan fingerprint density at radius 3 is 2.62 bits per heavy atom. The van der Waals surface area contributed by atoms with Crippen LogP contribution in [0.3, 0.4) is 0 Å². The highest BCUT2D eigenvalue weighted by Gasteiger charge is 2.72. The fourth-order valence-electron chi connectivity index (χ4n) is 7.72. The zero-order valence-electron chi connectivity index (χ0n) is 19.3. The Morgan fingerprint density at radius 1 is 1.25 bits per heavy atom. The molecule has 0 aromatic heterocycles.